The number of rotatable bonds is 5. The molecule has 0 aromatic carbocycles. The Morgan fingerprint density at radius 1 is 1.07 bits per heavy atom. The average molecular weight is 615 g/mol. The molecule has 5 fully saturated rings. The van der Waals surface area contributed by atoms with E-state index in [2.05, 4.69) is 34.6 Å². The average Bonchev–Trinajstić information content (AvgIpc) is 3.34. The van der Waals surface area contributed by atoms with Gasteiger partial charge in [0.1, 0.15) is 17.8 Å². The van der Waals surface area contributed by atoms with Gasteiger partial charge in [0.25, 0.3) is 5.97 Å². The van der Waals surface area contributed by atoms with Gasteiger partial charge in [0, 0.05) is 55.8 Å². The van der Waals surface area contributed by atoms with E-state index in [1.54, 1.807) is 12.2 Å². The van der Waals surface area contributed by atoms with Crippen LogP contribution in [0.4, 0.5) is 0 Å². The minimum Gasteiger partial charge on any atom is -0.462 e. The Hall–Kier alpha value is -2.07. The van der Waals surface area contributed by atoms with E-state index in [-0.39, 0.29) is 41.5 Å². The van der Waals surface area contributed by atoms with Crippen LogP contribution in [0.5, 0.6) is 0 Å². The molecular formula is C35H50O9. The molecule has 0 aromatic rings. The lowest BCUT2D eigenvalue weighted by molar-refractivity contribution is -0.396. The summed E-state index contributed by atoms with van der Waals surface area (Å²) in [5.41, 5.74) is -1.52. The van der Waals surface area contributed by atoms with Crippen molar-refractivity contribution in [3.63, 3.8) is 0 Å². The van der Waals surface area contributed by atoms with Crippen LogP contribution in [-0.4, -0.2) is 64.4 Å². The predicted octanol–water partition coefficient (Wildman–Crippen LogP) is 5.04. The molecule has 244 valence electrons. The van der Waals surface area contributed by atoms with Crippen LogP contribution in [0.15, 0.2) is 23.8 Å². The SMILES string of the molecule is CCC12OC(C(C)C3CCC4C5C(OC(C)=O)CC6=CC(=O)C=CC6(C)C5C(O)C(OC(C)=O)C34C)CC(C)(O1)C(C)(C)O2. The molecule has 2 heterocycles. The Morgan fingerprint density at radius 3 is 2.39 bits per heavy atom. The maximum atomic E-state index is 12.7. The van der Waals surface area contributed by atoms with Crippen molar-refractivity contribution in [2.24, 2.45) is 40.4 Å². The van der Waals surface area contributed by atoms with E-state index in [1.165, 1.54) is 13.8 Å². The van der Waals surface area contributed by atoms with Gasteiger partial charge in [-0.1, -0.05) is 39.3 Å². The Bertz CT molecular complexity index is 1300. The van der Waals surface area contributed by atoms with Crippen molar-refractivity contribution in [3.8, 4) is 0 Å². The number of fused-ring (bicyclic) bond motifs is 7. The van der Waals surface area contributed by atoms with Gasteiger partial charge in [-0.2, -0.15) is 0 Å². The molecule has 0 aromatic heterocycles. The van der Waals surface area contributed by atoms with E-state index in [0.717, 1.165) is 18.4 Å². The normalized spacial score (nSPS) is 49.3. The molecule has 4 aliphatic carbocycles. The van der Waals surface area contributed by atoms with Crippen LogP contribution in [0.3, 0.4) is 0 Å². The van der Waals surface area contributed by atoms with Crippen molar-refractivity contribution >= 4 is 17.7 Å². The smallest absolute Gasteiger partial charge is 0.303 e. The van der Waals surface area contributed by atoms with Crippen LogP contribution < -0.4 is 0 Å². The largest absolute Gasteiger partial charge is 0.462 e. The van der Waals surface area contributed by atoms with Gasteiger partial charge in [0.15, 0.2) is 5.78 Å². The monoisotopic (exact) mass is 614 g/mol. The van der Waals surface area contributed by atoms with E-state index in [0.29, 0.717) is 19.3 Å². The number of aliphatic hydroxyl groups excluding tert-OH is 1. The number of ketones is 1. The fourth-order valence-electron chi connectivity index (χ4n) is 10.6. The molecule has 2 bridgehead atoms. The zero-order valence-corrected chi connectivity index (χ0v) is 27.7. The number of aliphatic hydroxyl groups is 1. The van der Waals surface area contributed by atoms with Gasteiger partial charge in [-0.3, -0.25) is 14.4 Å². The summed E-state index contributed by atoms with van der Waals surface area (Å²) in [4.78, 5) is 37.6. The molecule has 9 heteroatoms. The second kappa shape index (κ2) is 10.2. The first-order chi connectivity index (χ1) is 20.4. The highest BCUT2D eigenvalue weighted by Crippen LogP contribution is 2.69. The number of carbonyl (C=O) groups excluding carboxylic acids is 3. The third kappa shape index (κ3) is 4.43. The lowest BCUT2D eigenvalue weighted by Gasteiger charge is -2.63. The summed E-state index contributed by atoms with van der Waals surface area (Å²) in [5.74, 6) is -2.64. The summed E-state index contributed by atoms with van der Waals surface area (Å²) in [7, 11) is 0. The molecule has 2 saturated heterocycles. The zero-order valence-electron chi connectivity index (χ0n) is 27.7. The van der Waals surface area contributed by atoms with Crippen LogP contribution in [0.1, 0.15) is 94.4 Å². The lowest BCUT2D eigenvalue weighted by atomic mass is 9.44. The summed E-state index contributed by atoms with van der Waals surface area (Å²) < 4.78 is 31.8. The highest BCUT2D eigenvalue weighted by molar-refractivity contribution is 6.01. The van der Waals surface area contributed by atoms with Crippen LogP contribution in [0, 0.1) is 40.4 Å². The number of esters is 2. The van der Waals surface area contributed by atoms with Crippen LogP contribution in [-0.2, 0) is 38.1 Å². The van der Waals surface area contributed by atoms with Gasteiger partial charge >= 0.3 is 11.9 Å². The molecule has 9 nitrogen and oxygen atoms in total. The van der Waals surface area contributed by atoms with Gasteiger partial charge in [-0.15, -0.1) is 0 Å². The third-order valence-corrected chi connectivity index (χ3v) is 13.0. The Morgan fingerprint density at radius 2 is 1.75 bits per heavy atom. The predicted molar refractivity (Wildman–Crippen MR) is 160 cm³/mol. The minimum atomic E-state index is -1.12. The van der Waals surface area contributed by atoms with Crippen LogP contribution >= 0.6 is 0 Å². The minimum absolute atomic E-state index is 0.0126. The number of hydrogen-bond acceptors (Lipinski definition) is 9. The molecule has 6 rings (SSSR count). The maximum absolute atomic E-state index is 12.7. The first-order valence-electron chi connectivity index (χ1n) is 16.5. The Kier molecular flexibility index (Phi) is 7.40. The molecular weight excluding hydrogens is 564 g/mol. The maximum Gasteiger partial charge on any atom is 0.303 e. The molecule has 3 saturated carbocycles. The van der Waals surface area contributed by atoms with Crippen LogP contribution in [0.25, 0.3) is 0 Å². The molecule has 1 N–H and O–H groups in total. The Balaban J connectivity index is 1.42. The molecule has 13 unspecified atom stereocenters. The lowest BCUT2D eigenvalue weighted by Crippen LogP contribution is -2.67. The van der Waals surface area contributed by atoms with E-state index in [9.17, 15) is 19.5 Å². The molecule has 0 amide bonds. The number of hydrogen-bond donors (Lipinski definition) is 1. The summed E-state index contributed by atoms with van der Waals surface area (Å²) in [5, 5.41) is 12.4. The topological polar surface area (TPSA) is 118 Å². The second-order valence-corrected chi connectivity index (χ2v) is 15.5. The van der Waals surface area contributed by atoms with Crippen molar-refractivity contribution in [3.05, 3.63) is 23.8 Å². The quantitative estimate of drug-likeness (QED) is 0.425. The zero-order chi connectivity index (χ0) is 32.2. The van der Waals surface area contributed by atoms with Crippen molar-refractivity contribution in [1.29, 1.82) is 0 Å². The fraction of sp³-hybridized carbons (Fsp3) is 0.800. The highest BCUT2D eigenvalue weighted by atomic mass is 16.9. The Labute approximate surface area is 261 Å². The summed E-state index contributed by atoms with van der Waals surface area (Å²) in [6, 6.07) is 0. The third-order valence-electron chi connectivity index (χ3n) is 13.0. The highest BCUT2D eigenvalue weighted by Gasteiger charge is 2.71. The van der Waals surface area contributed by atoms with E-state index >= 15 is 0 Å². The molecule has 6 aliphatic rings. The first kappa shape index (κ1) is 31.9. The fourth-order valence-corrected chi connectivity index (χ4v) is 10.6. The van der Waals surface area contributed by atoms with Gasteiger partial charge in [0.05, 0.1) is 17.8 Å². The standard InChI is InChI=1S/C35H50O9/c1-10-35-42-26(17-33(8,44-35)31(5,6)43-35)18(2)23-11-12-24-27-25(40-19(3)36)16-21-15-22(38)13-14-32(21,7)28(27)29(39)30(34(23,24)9)41-20(4)37/h13-15,18,23-30,39H,10-12,16-17H2,1-9H3. The first-order valence-corrected chi connectivity index (χ1v) is 16.5. The molecule has 2 aliphatic heterocycles. The van der Waals surface area contributed by atoms with Crippen molar-refractivity contribution in [2.75, 3.05) is 0 Å². The van der Waals surface area contributed by atoms with E-state index < -0.39 is 58.2 Å². The van der Waals surface area contributed by atoms with Gasteiger partial charge in [-0.05, 0) is 63.5 Å². The molecule has 44 heavy (non-hydrogen) atoms. The summed E-state index contributed by atoms with van der Waals surface area (Å²) in [6.45, 7) is 17.4. The molecule has 0 spiro atoms. The summed E-state index contributed by atoms with van der Waals surface area (Å²) in [6.07, 6.45) is 5.86. The molecule has 13 atom stereocenters. The van der Waals surface area contributed by atoms with Crippen LogP contribution in [0.2, 0.25) is 0 Å². The summed E-state index contributed by atoms with van der Waals surface area (Å²) >= 11 is 0. The number of carbonyl (C=O) groups is 3. The van der Waals surface area contributed by atoms with Crippen molar-refractivity contribution in [1.82, 2.24) is 0 Å². The van der Waals surface area contributed by atoms with Gasteiger partial charge < -0.3 is 28.8 Å². The van der Waals surface area contributed by atoms with Gasteiger partial charge in [0.2, 0.25) is 0 Å². The second-order valence-electron chi connectivity index (χ2n) is 15.5. The number of allylic oxidation sites excluding steroid dienone is 3. The van der Waals surface area contributed by atoms with E-state index in [1.807, 2.05) is 19.9 Å². The van der Waals surface area contributed by atoms with Crippen molar-refractivity contribution < 1.29 is 43.2 Å². The number of ether oxygens (including phenoxy) is 5. The molecule has 0 radical (unpaired) electrons. The van der Waals surface area contributed by atoms with Gasteiger partial charge in [-0.25, -0.2) is 0 Å². The van der Waals surface area contributed by atoms with E-state index in [4.69, 9.17) is 23.7 Å². The van der Waals surface area contributed by atoms with Crippen molar-refractivity contribution in [2.45, 2.75) is 136 Å².